The van der Waals surface area contributed by atoms with E-state index in [9.17, 15) is 19.7 Å². The molecule has 1 aromatic heterocycles. The van der Waals surface area contributed by atoms with E-state index >= 15 is 0 Å². The van der Waals surface area contributed by atoms with Crippen LogP contribution in [0.5, 0.6) is 0 Å². The van der Waals surface area contributed by atoms with Crippen molar-refractivity contribution in [2.75, 3.05) is 23.7 Å². The molecular weight excluding hydrogens is 392 g/mol. The Balaban J connectivity index is 1.58. The molecule has 0 atom stereocenters. The van der Waals surface area contributed by atoms with Gasteiger partial charge in [0, 0.05) is 19.2 Å². The molecule has 3 N–H and O–H groups in total. The number of nitrogens with one attached hydrogen (secondary N) is 3. The lowest BCUT2D eigenvalue weighted by Gasteiger charge is -2.12. The molecule has 0 bridgehead atoms. The van der Waals surface area contributed by atoms with Crippen LogP contribution in [-0.4, -0.2) is 29.8 Å². The molecule has 0 fully saturated rings. The van der Waals surface area contributed by atoms with Gasteiger partial charge in [-0.3, -0.25) is 19.7 Å². The number of carbonyl (C=O) groups is 2. The minimum absolute atomic E-state index is 0.0274. The SMILES string of the molecule is O=C(Nc1ccccc1C(=O)NCCNc1ccccc1[N+](=O)[O-])c1cccs1. The average Bonchev–Trinajstić information content (AvgIpc) is 3.27. The zero-order chi connectivity index (χ0) is 20.6. The normalized spacial score (nSPS) is 10.2. The van der Waals surface area contributed by atoms with Crippen molar-refractivity contribution in [3.05, 3.63) is 86.6 Å². The van der Waals surface area contributed by atoms with E-state index in [4.69, 9.17) is 0 Å². The van der Waals surface area contributed by atoms with Gasteiger partial charge in [-0.05, 0) is 29.6 Å². The van der Waals surface area contributed by atoms with Crippen molar-refractivity contribution >= 4 is 40.2 Å². The predicted octanol–water partition coefficient (Wildman–Crippen LogP) is 3.75. The van der Waals surface area contributed by atoms with Crippen molar-refractivity contribution in [1.29, 1.82) is 0 Å². The lowest BCUT2D eigenvalue weighted by Crippen LogP contribution is -2.29. The first kappa shape index (κ1) is 20.0. The van der Waals surface area contributed by atoms with Gasteiger partial charge >= 0.3 is 0 Å². The molecule has 29 heavy (non-hydrogen) atoms. The number of carbonyl (C=O) groups excluding carboxylic acids is 2. The molecule has 0 radical (unpaired) electrons. The number of rotatable bonds is 8. The van der Waals surface area contributed by atoms with Gasteiger partial charge < -0.3 is 16.0 Å². The first-order valence-electron chi connectivity index (χ1n) is 8.75. The van der Waals surface area contributed by atoms with Gasteiger partial charge in [0.05, 0.1) is 21.1 Å². The van der Waals surface area contributed by atoms with Gasteiger partial charge in [0.1, 0.15) is 5.69 Å². The van der Waals surface area contributed by atoms with Gasteiger partial charge in [-0.15, -0.1) is 11.3 Å². The number of hydrogen-bond donors (Lipinski definition) is 3. The summed E-state index contributed by atoms with van der Waals surface area (Å²) in [5.74, 6) is -0.630. The van der Waals surface area contributed by atoms with Crippen LogP contribution < -0.4 is 16.0 Å². The average molecular weight is 410 g/mol. The Morgan fingerprint density at radius 3 is 2.34 bits per heavy atom. The third-order valence-corrected chi connectivity index (χ3v) is 4.86. The van der Waals surface area contributed by atoms with Crippen LogP contribution >= 0.6 is 11.3 Å². The maximum atomic E-state index is 12.5. The van der Waals surface area contributed by atoms with Gasteiger partial charge in [0.2, 0.25) is 0 Å². The Bertz CT molecular complexity index is 1020. The molecule has 0 saturated carbocycles. The van der Waals surface area contributed by atoms with Gasteiger partial charge in [-0.2, -0.15) is 0 Å². The van der Waals surface area contributed by atoms with Crippen LogP contribution in [-0.2, 0) is 0 Å². The van der Waals surface area contributed by atoms with E-state index in [1.165, 1.54) is 17.4 Å². The van der Waals surface area contributed by atoms with Crippen LogP contribution in [0.3, 0.4) is 0 Å². The number of benzene rings is 2. The van der Waals surface area contributed by atoms with Gasteiger partial charge in [0.25, 0.3) is 17.5 Å². The van der Waals surface area contributed by atoms with Crippen LogP contribution in [0.25, 0.3) is 0 Å². The summed E-state index contributed by atoms with van der Waals surface area (Å²) in [6, 6.07) is 16.5. The number of thiophene rings is 1. The number of nitro groups is 1. The van der Waals surface area contributed by atoms with E-state index in [1.807, 2.05) is 0 Å². The Kier molecular flexibility index (Phi) is 6.54. The second-order valence-corrected chi connectivity index (χ2v) is 6.88. The third kappa shape index (κ3) is 5.17. The van der Waals surface area contributed by atoms with Crippen molar-refractivity contribution in [2.45, 2.75) is 0 Å². The molecule has 9 heteroatoms. The molecule has 0 aliphatic rings. The predicted molar refractivity (Wildman–Crippen MR) is 113 cm³/mol. The fraction of sp³-hybridized carbons (Fsp3) is 0.100. The molecular formula is C20H18N4O4S. The minimum Gasteiger partial charge on any atom is -0.378 e. The Labute approximate surface area is 170 Å². The molecule has 0 aliphatic carbocycles. The van der Waals surface area contributed by atoms with E-state index in [-0.39, 0.29) is 24.0 Å². The van der Waals surface area contributed by atoms with E-state index in [2.05, 4.69) is 16.0 Å². The highest BCUT2D eigenvalue weighted by molar-refractivity contribution is 7.12. The van der Waals surface area contributed by atoms with Crippen LogP contribution in [0, 0.1) is 10.1 Å². The highest BCUT2D eigenvalue weighted by Crippen LogP contribution is 2.22. The summed E-state index contributed by atoms with van der Waals surface area (Å²) in [4.78, 5) is 35.9. The molecule has 0 aliphatic heterocycles. The number of para-hydroxylation sites is 3. The first-order chi connectivity index (χ1) is 14.1. The molecule has 1 heterocycles. The van der Waals surface area contributed by atoms with E-state index in [1.54, 1.807) is 60.0 Å². The Morgan fingerprint density at radius 2 is 1.62 bits per heavy atom. The van der Waals surface area contributed by atoms with Crippen LogP contribution in [0.4, 0.5) is 17.1 Å². The highest BCUT2D eigenvalue weighted by Gasteiger charge is 2.15. The van der Waals surface area contributed by atoms with Gasteiger partial charge in [-0.1, -0.05) is 30.3 Å². The topological polar surface area (TPSA) is 113 Å². The minimum atomic E-state index is -0.465. The molecule has 2 aromatic carbocycles. The second-order valence-electron chi connectivity index (χ2n) is 5.93. The Hall–Kier alpha value is -3.72. The molecule has 0 saturated heterocycles. The van der Waals surface area contributed by atoms with Crippen molar-refractivity contribution in [1.82, 2.24) is 5.32 Å². The quantitative estimate of drug-likeness (QED) is 0.297. The summed E-state index contributed by atoms with van der Waals surface area (Å²) in [5, 5.41) is 21.3. The third-order valence-electron chi connectivity index (χ3n) is 3.99. The standard InChI is InChI=1S/C20H18N4O4S/c25-19(22-12-11-21-16-8-3-4-9-17(16)24(27)28)14-6-1-2-7-15(14)23-20(26)18-10-5-13-29-18/h1-10,13,21H,11-12H2,(H,22,25)(H,23,26). The summed E-state index contributed by atoms with van der Waals surface area (Å²) in [6.07, 6.45) is 0. The first-order valence-corrected chi connectivity index (χ1v) is 9.63. The largest absolute Gasteiger partial charge is 0.378 e. The summed E-state index contributed by atoms with van der Waals surface area (Å²) < 4.78 is 0. The van der Waals surface area contributed by atoms with Gasteiger partial charge in [0.15, 0.2) is 0 Å². The van der Waals surface area contributed by atoms with E-state index < -0.39 is 4.92 Å². The maximum absolute atomic E-state index is 12.5. The molecule has 8 nitrogen and oxygen atoms in total. The monoisotopic (exact) mass is 410 g/mol. The van der Waals surface area contributed by atoms with Crippen LogP contribution in [0.15, 0.2) is 66.0 Å². The van der Waals surface area contributed by atoms with Crippen LogP contribution in [0.2, 0.25) is 0 Å². The molecule has 2 amide bonds. The number of nitro benzene ring substituents is 1. The number of nitrogens with zero attached hydrogens (tertiary/aromatic N) is 1. The zero-order valence-electron chi connectivity index (χ0n) is 15.3. The fourth-order valence-electron chi connectivity index (χ4n) is 2.63. The number of anilines is 2. The lowest BCUT2D eigenvalue weighted by atomic mass is 10.1. The van der Waals surface area contributed by atoms with Crippen molar-refractivity contribution in [2.24, 2.45) is 0 Å². The molecule has 3 aromatic rings. The summed E-state index contributed by atoms with van der Waals surface area (Å²) in [5.41, 5.74) is 1.11. The van der Waals surface area contributed by atoms with Crippen molar-refractivity contribution in [3.8, 4) is 0 Å². The van der Waals surface area contributed by atoms with Crippen LogP contribution in [0.1, 0.15) is 20.0 Å². The maximum Gasteiger partial charge on any atom is 0.292 e. The smallest absolute Gasteiger partial charge is 0.292 e. The van der Waals surface area contributed by atoms with Crippen molar-refractivity contribution in [3.63, 3.8) is 0 Å². The summed E-state index contributed by atoms with van der Waals surface area (Å²) in [6.45, 7) is 0.554. The summed E-state index contributed by atoms with van der Waals surface area (Å²) in [7, 11) is 0. The highest BCUT2D eigenvalue weighted by atomic mass is 32.1. The summed E-state index contributed by atoms with van der Waals surface area (Å²) >= 11 is 1.31. The van der Waals surface area contributed by atoms with Gasteiger partial charge in [-0.25, -0.2) is 0 Å². The molecule has 148 valence electrons. The molecule has 3 rings (SSSR count). The van der Waals surface area contributed by atoms with Crippen molar-refractivity contribution < 1.29 is 14.5 Å². The number of hydrogen-bond acceptors (Lipinski definition) is 6. The Morgan fingerprint density at radius 1 is 0.897 bits per heavy atom. The second kappa shape index (κ2) is 9.47. The lowest BCUT2D eigenvalue weighted by molar-refractivity contribution is -0.384. The van der Waals surface area contributed by atoms with E-state index in [0.717, 1.165) is 0 Å². The fourth-order valence-corrected chi connectivity index (χ4v) is 3.25. The number of amides is 2. The zero-order valence-corrected chi connectivity index (χ0v) is 16.1. The molecule has 0 spiro atoms. The van der Waals surface area contributed by atoms with E-state index in [0.29, 0.717) is 28.4 Å². The molecule has 0 unspecified atom stereocenters.